The zero-order chi connectivity index (χ0) is 17.8. The summed E-state index contributed by atoms with van der Waals surface area (Å²) >= 11 is 0. The second-order valence-corrected chi connectivity index (χ2v) is 5.77. The highest BCUT2D eigenvalue weighted by Gasteiger charge is 2.24. The van der Waals surface area contributed by atoms with Gasteiger partial charge in [-0.15, -0.1) is 0 Å². The van der Waals surface area contributed by atoms with E-state index in [4.69, 9.17) is 4.74 Å². The van der Waals surface area contributed by atoms with E-state index >= 15 is 0 Å². The molecular formula is C17H21N5O3. The van der Waals surface area contributed by atoms with E-state index in [1.54, 1.807) is 36.5 Å². The lowest BCUT2D eigenvalue weighted by Gasteiger charge is -2.34. The Morgan fingerprint density at radius 3 is 2.68 bits per heavy atom. The molecular weight excluding hydrogens is 322 g/mol. The van der Waals surface area contributed by atoms with E-state index in [-0.39, 0.29) is 11.5 Å². The molecule has 8 heteroatoms. The normalized spacial score (nSPS) is 14.5. The number of hydrogen-bond donors (Lipinski definition) is 0. The molecule has 0 aliphatic carbocycles. The molecule has 0 bridgehead atoms. The van der Waals surface area contributed by atoms with Crippen LogP contribution in [0.3, 0.4) is 0 Å². The van der Waals surface area contributed by atoms with E-state index in [2.05, 4.69) is 9.97 Å². The summed E-state index contributed by atoms with van der Waals surface area (Å²) in [6.45, 7) is 4.82. The average molecular weight is 343 g/mol. The van der Waals surface area contributed by atoms with Crippen LogP contribution in [-0.4, -0.2) is 58.1 Å². The molecule has 0 unspecified atom stereocenters. The maximum atomic E-state index is 12.6. The van der Waals surface area contributed by atoms with E-state index < -0.39 is 0 Å². The summed E-state index contributed by atoms with van der Waals surface area (Å²) in [5.74, 6) is 1.03. The third-order valence-corrected chi connectivity index (χ3v) is 4.11. The molecule has 25 heavy (non-hydrogen) atoms. The van der Waals surface area contributed by atoms with Crippen LogP contribution in [0.1, 0.15) is 17.3 Å². The van der Waals surface area contributed by atoms with Gasteiger partial charge < -0.3 is 19.1 Å². The standard InChI is InChI=1S/C17H21N5O3/c1-3-25-14-4-6-18-17(19-14)22-10-8-21(9-11-22)16(24)13-5-7-20(2)15(23)12-13/h4-7,12H,3,8-11H2,1-2H3. The molecule has 0 atom stereocenters. The Hall–Kier alpha value is -2.90. The lowest BCUT2D eigenvalue weighted by molar-refractivity contribution is 0.0746. The van der Waals surface area contributed by atoms with E-state index in [1.807, 2.05) is 11.8 Å². The van der Waals surface area contributed by atoms with Crippen LogP contribution in [0.15, 0.2) is 35.4 Å². The van der Waals surface area contributed by atoms with E-state index in [0.29, 0.717) is 50.2 Å². The van der Waals surface area contributed by atoms with Crippen molar-refractivity contribution in [2.75, 3.05) is 37.7 Å². The summed E-state index contributed by atoms with van der Waals surface area (Å²) in [4.78, 5) is 36.7. The predicted octanol–water partition coefficient (Wildman–Crippen LogP) is 0.536. The van der Waals surface area contributed by atoms with Gasteiger partial charge in [-0.2, -0.15) is 4.98 Å². The summed E-state index contributed by atoms with van der Waals surface area (Å²) in [5.41, 5.74) is 0.233. The van der Waals surface area contributed by atoms with Crippen molar-refractivity contribution in [1.82, 2.24) is 19.4 Å². The number of pyridine rings is 1. The number of ether oxygens (including phenoxy) is 1. The summed E-state index contributed by atoms with van der Waals surface area (Å²) in [6.07, 6.45) is 3.28. The number of hydrogen-bond acceptors (Lipinski definition) is 6. The minimum absolute atomic E-state index is 0.124. The molecule has 0 N–H and O–H groups in total. The van der Waals surface area contributed by atoms with Crippen molar-refractivity contribution in [2.45, 2.75) is 6.92 Å². The monoisotopic (exact) mass is 343 g/mol. The number of nitrogens with zero attached hydrogens (tertiary/aromatic N) is 5. The first-order valence-corrected chi connectivity index (χ1v) is 8.25. The quantitative estimate of drug-likeness (QED) is 0.806. The largest absolute Gasteiger partial charge is 0.478 e. The topological polar surface area (TPSA) is 80.6 Å². The van der Waals surface area contributed by atoms with Crippen molar-refractivity contribution in [3.8, 4) is 5.88 Å². The van der Waals surface area contributed by atoms with Crippen molar-refractivity contribution in [3.05, 3.63) is 46.5 Å². The Bertz CT molecular complexity index is 812. The van der Waals surface area contributed by atoms with Crippen LogP contribution < -0.4 is 15.2 Å². The number of carbonyl (C=O) groups excluding carboxylic acids is 1. The minimum atomic E-state index is -0.189. The van der Waals surface area contributed by atoms with Gasteiger partial charge >= 0.3 is 0 Å². The van der Waals surface area contributed by atoms with Crippen LogP contribution in [0.2, 0.25) is 0 Å². The van der Waals surface area contributed by atoms with Crippen molar-refractivity contribution in [2.24, 2.45) is 7.05 Å². The lowest BCUT2D eigenvalue weighted by Crippen LogP contribution is -2.49. The van der Waals surface area contributed by atoms with Gasteiger partial charge in [-0.3, -0.25) is 9.59 Å². The Balaban J connectivity index is 1.65. The van der Waals surface area contributed by atoms with Crippen molar-refractivity contribution >= 4 is 11.9 Å². The van der Waals surface area contributed by atoms with E-state index in [1.165, 1.54) is 10.6 Å². The molecule has 2 aromatic rings. The van der Waals surface area contributed by atoms with Crippen LogP contribution in [0.25, 0.3) is 0 Å². The highest BCUT2D eigenvalue weighted by atomic mass is 16.5. The Morgan fingerprint density at radius 2 is 2.00 bits per heavy atom. The van der Waals surface area contributed by atoms with Gasteiger partial charge in [0.2, 0.25) is 11.8 Å². The van der Waals surface area contributed by atoms with Crippen LogP contribution in [0, 0.1) is 0 Å². The number of anilines is 1. The van der Waals surface area contributed by atoms with Gasteiger partial charge in [0.25, 0.3) is 11.5 Å². The van der Waals surface area contributed by atoms with Gasteiger partial charge in [0.15, 0.2) is 0 Å². The lowest BCUT2D eigenvalue weighted by atomic mass is 10.2. The predicted molar refractivity (Wildman–Crippen MR) is 93.0 cm³/mol. The molecule has 0 aromatic carbocycles. The van der Waals surface area contributed by atoms with Crippen molar-refractivity contribution in [3.63, 3.8) is 0 Å². The third kappa shape index (κ3) is 3.78. The molecule has 0 spiro atoms. The molecule has 1 aliphatic heterocycles. The van der Waals surface area contributed by atoms with Gasteiger partial charge in [0.1, 0.15) is 0 Å². The van der Waals surface area contributed by atoms with Crippen molar-refractivity contribution in [1.29, 1.82) is 0 Å². The fraction of sp³-hybridized carbons (Fsp3) is 0.412. The number of amides is 1. The Labute approximate surface area is 145 Å². The molecule has 132 valence electrons. The number of aryl methyl sites for hydroxylation is 1. The van der Waals surface area contributed by atoms with Crippen LogP contribution in [0.5, 0.6) is 5.88 Å². The first kappa shape index (κ1) is 16.9. The SMILES string of the molecule is CCOc1ccnc(N2CCN(C(=O)c3ccn(C)c(=O)c3)CC2)n1. The zero-order valence-electron chi connectivity index (χ0n) is 14.4. The maximum absolute atomic E-state index is 12.6. The maximum Gasteiger partial charge on any atom is 0.254 e. The zero-order valence-corrected chi connectivity index (χ0v) is 14.4. The van der Waals surface area contributed by atoms with Crippen molar-refractivity contribution < 1.29 is 9.53 Å². The number of piperazine rings is 1. The number of rotatable bonds is 4. The molecule has 1 aliphatic rings. The van der Waals surface area contributed by atoms with E-state index in [0.717, 1.165) is 0 Å². The molecule has 8 nitrogen and oxygen atoms in total. The van der Waals surface area contributed by atoms with Crippen LogP contribution in [-0.2, 0) is 7.05 Å². The van der Waals surface area contributed by atoms with Crippen LogP contribution >= 0.6 is 0 Å². The van der Waals surface area contributed by atoms with Crippen LogP contribution in [0.4, 0.5) is 5.95 Å². The summed E-state index contributed by atoms with van der Waals surface area (Å²) in [7, 11) is 1.66. The first-order chi connectivity index (χ1) is 12.1. The molecule has 1 fully saturated rings. The molecule has 3 rings (SSSR count). The second kappa shape index (κ2) is 7.33. The van der Waals surface area contributed by atoms with E-state index in [9.17, 15) is 9.59 Å². The number of aromatic nitrogens is 3. The highest BCUT2D eigenvalue weighted by Crippen LogP contribution is 2.15. The summed E-state index contributed by atoms with van der Waals surface area (Å²) in [6, 6.07) is 4.77. The minimum Gasteiger partial charge on any atom is -0.478 e. The second-order valence-electron chi connectivity index (χ2n) is 5.77. The first-order valence-electron chi connectivity index (χ1n) is 8.25. The Kier molecular flexibility index (Phi) is 4.97. The fourth-order valence-electron chi connectivity index (χ4n) is 2.69. The number of carbonyl (C=O) groups is 1. The average Bonchev–Trinajstić information content (AvgIpc) is 2.64. The van der Waals surface area contributed by atoms with Gasteiger partial charge in [-0.25, -0.2) is 4.98 Å². The summed E-state index contributed by atoms with van der Waals surface area (Å²) < 4.78 is 6.84. The molecule has 3 heterocycles. The third-order valence-electron chi connectivity index (χ3n) is 4.11. The molecule has 2 aromatic heterocycles. The van der Waals surface area contributed by atoms with Gasteiger partial charge in [0.05, 0.1) is 6.61 Å². The molecule has 0 saturated carbocycles. The molecule has 1 amide bonds. The summed E-state index contributed by atoms with van der Waals surface area (Å²) in [5, 5.41) is 0. The van der Waals surface area contributed by atoms with Gasteiger partial charge in [-0.1, -0.05) is 0 Å². The molecule has 0 radical (unpaired) electrons. The molecule has 1 saturated heterocycles. The van der Waals surface area contributed by atoms with Gasteiger partial charge in [0, 0.05) is 63.3 Å². The van der Waals surface area contributed by atoms with Gasteiger partial charge in [-0.05, 0) is 13.0 Å². The smallest absolute Gasteiger partial charge is 0.254 e. The fourth-order valence-corrected chi connectivity index (χ4v) is 2.69. The Morgan fingerprint density at radius 1 is 1.24 bits per heavy atom. The highest BCUT2D eigenvalue weighted by molar-refractivity contribution is 5.94.